The number of carboxylic acids is 1. The molecule has 2 aliphatic heterocycles. The van der Waals surface area contributed by atoms with Crippen LogP contribution in [0.15, 0.2) is 0 Å². The zero-order valence-electron chi connectivity index (χ0n) is 12.3. The van der Waals surface area contributed by atoms with Crippen LogP contribution in [0.5, 0.6) is 0 Å². The van der Waals surface area contributed by atoms with Crippen LogP contribution in [0.3, 0.4) is 0 Å². The van der Waals surface area contributed by atoms with Crippen molar-refractivity contribution in [1.29, 1.82) is 0 Å². The van der Waals surface area contributed by atoms with Gasteiger partial charge in [-0.1, -0.05) is 0 Å². The largest absolute Gasteiger partial charge is 0.480 e. The highest BCUT2D eigenvalue weighted by Crippen LogP contribution is 2.03. The van der Waals surface area contributed by atoms with Crippen LogP contribution >= 0.6 is 0 Å². The molecule has 9 heteroatoms. The maximum absolute atomic E-state index is 10.1. The van der Waals surface area contributed by atoms with Gasteiger partial charge >= 0.3 is 12.1 Å². The monoisotopic (exact) mass is 308 g/mol. The topological polar surface area (TPSA) is 150 Å². The standard InChI is InChI=1S/C5H9NO2.C5H11N.CO2.CH4O.O2/c7-5(8)4-2-1-3-6-4;1-5-3-2-4-6-5;2-1-3;2*1-2/h4,6H,1-3H2,(H,7,8);5-6H,2-4H2,1H3;;2H,1H3;. The molecule has 2 rings (SSSR count). The Balaban J connectivity index is -0.000000222. The Morgan fingerprint density at radius 2 is 1.48 bits per heavy atom. The van der Waals surface area contributed by atoms with E-state index < -0.39 is 5.97 Å². The first-order chi connectivity index (χ1) is 10.1. The van der Waals surface area contributed by atoms with Crippen LogP contribution in [-0.2, 0) is 14.4 Å². The maximum atomic E-state index is 10.1. The van der Waals surface area contributed by atoms with E-state index in [0.29, 0.717) is 0 Å². The molecule has 0 spiro atoms. The van der Waals surface area contributed by atoms with Crippen LogP contribution in [0, 0.1) is 9.93 Å². The third-order valence-electron chi connectivity index (χ3n) is 2.67. The summed E-state index contributed by atoms with van der Waals surface area (Å²) in [5.41, 5.74) is 0. The summed E-state index contributed by atoms with van der Waals surface area (Å²) in [6, 6.07) is 0.528. The van der Waals surface area contributed by atoms with Crippen molar-refractivity contribution in [3.8, 4) is 0 Å². The van der Waals surface area contributed by atoms with Crippen LogP contribution in [0.25, 0.3) is 0 Å². The predicted molar refractivity (Wildman–Crippen MR) is 75.2 cm³/mol. The molecule has 2 saturated heterocycles. The number of aliphatic hydroxyl groups is 1. The minimum Gasteiger partial charge on any atom is -0.480 e. The van der Waals surface area contributed by atoms with Crippen molar-refractivity contribution >= 4 is 12.1 Å². The molecule has 0 amide bonds. The van der Waals surface area contributed by atoms with E-state index in [-0.39, 0.29) is 12.2 Å². The Bertz CT molecular complexity index is 258. The maximum Gasteiger partial charge on any atom is 0.373 e. The van der Waals surface area contributed by atoms with Gasteiger partial charge in [0.25, 0.3) is 0 Å². The molecule has 0 aromatic rings. The summed E-state index contributed by atoms with van der Waals surface area (Å²) in [6.07, 6.45) is 4.79. The van der Waals surface area contributed by atoms with Crippen LogP contribution < -0.4 is 10.6 Å². The average Bonchev–Trinajstić information content (AvgIpc) is 3.18. The van der Waals surface area contributed by atoms with E-state index in [1.54, 1.807) is 0 Å². The minimum atomic E-state index is -0.720. The fraction of sp³-hybridized carbons (Fsp3) is 0.833. The molecule has 124 valence electrons. The number of carbonyl (C=O) groups is 1. The molecule has 21 heavy (non-hydrogen) atoms. The van der Waals surface area contributed by atoms with Gasteiger partial charge in [-0.2, -0.15) is 9.59 Å². The molecule has 2 fully saturated rings. The summed E-state index contributed by atoms with van der Waals surface area (Å²) in [5.74, 6) is -0.720. The SMILES string of the molecule is CC1CCCN1.CO.O=C(O)C1CCCN1.O=C=O.O=O. The second kappa shape index (κ2) is 20.6. The summed E-state index contributed by atoms with van der Waals surface area (Å²) >= 11 is 0. The molecule has 0 saturated carbocycles. The molecule has 2 unspecified atom stereocenters. The number of carbonyl (C=O) groups excluding carboxylic acids is 2. The van der Waals surface area contributed by atoms with Crippen molar-refractivity contribution in [1.82, 2.24) is 10.6 Å². The number of carboxylic acid groups (broad SMARTS) is 1. The lowest BCUT2D eigenvalue weighted by Crippen LogP contribution is -2.29. The van der Waals surface area contributed by atoms with E-state index in [4.69, 9.17) is 29.7 Å². The fourth-order valence-corrected chi connectivity index (χ4v) is 1.75. The number of rotatable bonds is 1. The Morgan fingerprint density at radius 3 is 1.62 bits per heavy atom. The Morgan fingerprint density at radius 1 is 1.05 bits per heavy atom. The third-order valence-corrected chi connectivity index (χ3v) is 2.67. The lowest BCUT2D eigenvalue weighted by atomic mass is 10.2. The van der Waals surface area contributed by atoms with Crippen LogP contribution in [0.1, 0.15) is 32.6 Å². The van der Waals surface area contributed by atoms with Gasteiger partial charge < -0.3 is 20.8 Å². The smallest absolute Gasteiger partial charge is 0.373 e. The van der Waals surface area contributed by atoms with E-state index in [1.807, 2.05) is 0 Å². The molecule has 9 nitrogen and oxygen atoms in total. The fourth-order valence-electron chi connectivity index (χ4n) is 1.75. The lowest BCUT2D eigenvalue weighted by molar-refractivity contribution is -0.191. The first kappa shape index (κ1) is 24.4. The number of hydrogen-bond donors (Lipinski definition) is 4. The molecule has 4 N–H and O–H groups in total. The highest BCUT2D eigenvalue weighted by atomic mass is 16.7. The van der Waals surface area contributed by atoms with Gasteiger partial charge in [-0.25, -0.2) is 0 Å². The van der Waals surface area contributed by atoms with Crippen molar-refractivity contribution in [3.63, 3.8) is 0 Å². The van der Waals surface area contributed by atoms with Gasteiger partial charge in [-0.15, -0.1) is 0 Å². The van der Waals surface area contributed by atoms with Gasteiger partial charge in [0, 0.05) is 23.1 Å². The van der Waals surface area contributed by atoms with Crippen molar-refractivity contribution in [2.24, 2.45) is 0 Å². The van der Waals surface area contributed by atoms with Crippen molar-refractivity contribution < 1.29 is 24.6 Å². The van der Waals surface area contributed by atoms with Crippen molar-refractivity contribution in [2.75, 3.05) is 20.2 Å². The zero-order valence-corrected chi connectivity index (χ0v) is 12.3. The highest BCUT2D eigenvalue weighted by Gasteiger charge is 2.20. The number of hydrogen-bond acceptors (Lipinski definition) is 8. The Labute approximate surface area is 123 Å². The third kappa shape index (κ3) is 18.3. The zero-order chi connectivity index (χ0) is 17.1. The second-order valence-electron chi connectivity index (χ2n) is 4.07. The van der Waals surface area contributed by atoms with Gasteiger partial charge in [-0.3, -0.25) is 4.79 Å². The number of aliphatic hydroxyl groups excluding tert-OH is 1. The Kier molecular flexibility index (Phi) is 23.9. The second-order valence-corrected chi connectivity index (χ2v) is 4.07. The van der Waals surface area contributed by atoms with Crippen molar-refractivity contribution in [2.45, 2.75) is 44.7 Å². The molecule has 0 radical (unpaired) electrons. The molecule has 0 bridgehead atoms. The highest BCUT2D eigenvalue weighted by molar-refractivity contribution is 5.73. The average molecular weight is 308 g/mol. The van der Waals surface area contributed by atoms with Gasteiger partial charge in [-0.05, 0) is 45.7 Å². The summed E-state index contributed by atoms with van der Waals surface area (Å²) < 4.78 is 0. The molecule has 0 aromatic heterocycles. The summed E-state index contributed by atoms with van der Waals surface area (Å²) in [4.78, 5) is 40.4. The molecule has 2 aliphatic rings. The summed E-state index contributed by atoms with van der Waals surface area (Å²) in [5, 5.41) is 21.5. The minimum absolute atomic E-state index is 0.250. The normalized spacial score (nSPS) is 21.5. The quantitative estimate of drug-likeness (QED) is 0.510. The van der Waals surface area contributed by atoms with E-state index >= 15 is 0 Å². The van der Waals surface area contributed by atoms with Gasteiger partial charge in [0.2, 0.25) is 0 Å². The van der Waals surface area contributed by atoms with Crippen molar-refractivity contribution in [3.05, 3.63) is 9.93 Å². The predicted octanol–water partition coefficient (Wildman–Crippen LogP) is -0.327. The number of aliphatic carboxylic acids is 1. The van der Waals surface area contributed by atoms with E-state index in [2.05, 4.69) is 17.6 Å². The van der Waals surface area contributed by atoms with Crippen LogP contribution in [0.4, 0.5) is 0 Å². The lowest BCUT2D eigenvalue weighted by Gasteiger charge is -1.99. The van der Waals surface area contributed by atoms with Gasteiger partial charge in [0.05, 0.1) is 0 Å². The van der Waals surface area contributed by atoms with Crippen LogP contribution in [0.2, 0.25) is 0 Å². The number of nitrogens with one attached hydrogen (secondary N) is 2. The summed E-state index contributed by atoms with van der Waals surface area (Å²) in [7, 11) is 1.00. The van der Waals surface area contributed by atoms with E-state index in [9.17, 15) is 4.79 Å². The first-order valence-corrected chi connectivity index (χ1v) is 6.42. The molecule has 2 atom stereocenters. The van der Waals surface area contributed by atoms with Crippen LogP contribution in [-0.4, -0.2) is 54.6 Å². The summed E-state index contributed by atoms with van der Waals surface area (Å²) in [6.45, 7) is 4.32. The van der Waals surface area contributed by atoms with Gasteiger partial charge in [0.15, 0.2) is 0 Å². The first-order valence-electron chi connectivity index (χ1n) is 6.42. The molecular formula is C12H24N2O7. The molecule has 0 aromatic carbocycles. The Hall–Kier alpha value is -1.67. The molecule has 2 heterocycles. The molecular weight excluding hydrogens is 284 g/mol. The molecule has 0 aliphatic carbocycles. The van der Waals surface area contributed by atoms with E-state index in [1.165, 1.54) is 19.4 Å². The van der Waals surface area contributed by atoms with Gasteiger partial charge in [0.1, 0.15) is 6.04 Å². The van der Waals surface area contributed by atoms with E-state index in [0.717, 1.165) is 32.5 Å².